The summed E-state index contributed by atoms with van der Waals surface area (Å²) in [5, 5.41) is 2.73. The van der Waals surface area contributed by atoms with Gasteiger partial charge in [-0.1, -0.05) is 23.2 Å². The van der Waals surface area contributed by atoms with Gasteiger partial charge in [0.2, 0.25) is 0 Å². The number of hydrogen-bond donors (Lipinski definition) is 1. The Morgan fingerprint density at radius 3 is 2.38 bits per heavy atom. The minimum Gasteiger partial charge on any atom is -0.489 e. The van der Waals surface area contributed by atoms with Gasteiger partial charge in [-0.2, -0.15) is 0 Å². The molecule has 9 heteroatoms. The third kappa shape index (κ3) is 3.47. The van der Waals surface area contributed by atoms with Gasteiger partial charge in [-0.3, -0.25) is 0 Å². The molecule has 0 aromatic heterocycles. The van der Waals surface area contributed by atoms with Crippen molar-refractivity contribution in [1.29, 1.82) is 0 Å². The first-order valence-corrected chi connectivity index (χ1v) is 7.45. The predicted molar refractivity (Wildman–Crippen MR) is 82.5 cm³/mol. The molecule has 0 amide bonds. The summed E-state index contributed by atoms with van der Waals surface area (Å²) >= 11 is 12.1. The number of ether oxygens (including phenoxy) is 2. The van der Waals surface area contributed by atoms with Crippen LogP contribution in [0.5, 0.6) is 11.5 Å². The second-order valence-electron chi connectivity index (χ2n) is 4.91. The van der Waals surface area contributed by atoms with Crippen molar-refractivity contribution in [3.8, 4) is 22.6 Å². The highest BCUT2D eigenvalue weighted by atomic mass is 35.5. The van der Waals surface area contributed by atoms with Crippen LogP contribution in [0.4, 0.5) is 23.2 Å². The number of halogens is 6. The average molecular weight is 382 g/mol. The van der Waals surface area contributed by atoms with Gasteiger partial charge in [0.25, 0.3) is 0 Å². The fourth-order valence-corrected chi connectivity index (χ4v) is 3.08. The van der Waals surface area contributed by atoms with Crippen molar-refractivity contribution in [1.82, 2.24) is 0 Å². The Morgan fingerprint density at radius 2 is 1.75 bits per heavy atom. The molecule has 0 fully saturated rings. The average Bonchev–Trinajstić information content (AvgIpc) is 2.44. The van der Waals surface area contributed by atoms with Crippen LogP contribution in [0.2, 0.25) is 10.0 Å². The van der Waals surface area contributed by atoms with Gasteiger partial charge in [0.15, 0.2) is 5.75 Å². The van der Waals surface area contributed by atoms with Gasteiger partial charge in [0, 0.05) is 23.7 Å². The van der Waals surface area contributed by atoms with E-state index in [1.54, 1.807) is 0 Å². The molecule has 1 heterocycles. The van der Waals surface area contributed by atoms with Crippen LogP contribution in [0.15, 0.2) is 24.3 Å². The molecule has 0 bridgehead atoms. The van der Waals surface area contributed by atoms with Gasteiger partial charge in [-0.05, 0) is 18.2 Å². The molecule has 2 aromatic rings. The van der Waals surface area contributed by atoms with Crippen molar-refractivity contribution in [3.05, 3.63) is 40.1 Å². The summed E-state index contributed by atoms with van der Waals surface area (Å²) in [6, 6.07) is 4.33. The van der Waals surface area contributed by atoms with E-state index in [4.69, 9.17) is 27.9 Å². The summed E-state index contributed by atoms with van der Waals surface area (Å²) in [4.78, 5) is 0. The van der Waals surface area contributed by atoms with Crippen molar-refractivity contribution in [2.45, 2.75) is 6.36 Å². The molecular weight excluding hydrogens is 373 g/mol. The van der Waals surface area contributed by atoms with E-state index in [0.29, 0.717) is 24.6 Å². The highest BCUT2D eigenvalue weighted by Gasteiger charge is 2.32. The molecule has 1 aliphatic heterocycles. The summed E-state index contributed by atoms with van der Waals surface area (Å²) in [5.41, 5.74) is 0.817. The summed E-state index contributed by atoms with van der Waals surface area (Å²) in [5.74, 6) is -0.800. The molecule has 128 valence electrons. The molecule has 1 N–H and O–H groups in total. The van der Waals surface area contributed by atoms with E-state index in [0.717, 1.165) is 18.2 Å². The van der Waals surface area contributed by atoms with Crippen LogP contribution >= 0.6 is 23.2 Å². The lowest BCUT2D eigenvalue weighted by molar-refractivity contribution is -0.274. The standard InChI is InChI=1S/C15H9Cl2F4NO2/c16-10-5-8(24-15(19,20)21)6-11(17)13(10)9-3-7(18)4-12-14(9)23-2-1-22-12/h3-6,22H,1-2H2. The summed E-state index contributed by atoms with van der Waals surface area (Å²) < 4.78 is 60.1. The Bertz CT molecular complexity index is 773. The quantitative estimate of drug-likeness (QED) is 0.696. The van der Waals surface area contributed by atoms with E-state index in [9.17, 15) is 17.6 Å². The molecule has 0 radical (unpaired) electrons. The van der Waals surface area contributed by atoms with Gasteiger partial charge < -0.3 is 14.8 Å². The molecule has 0 unspecified atom stereocenters. The lowest BCUT2D eigenvalue weighted by Crippen LogP contribution is -2.19. The monoisotopic (exact) mass is 381 g/mol. The molecule has 0 aliphatic carbocycles. The molecule has 3 rings (SSSR count). The number of benzene rings is 2. The Hall–Kier alpha value is -1.86. The Morgan fingerprint density at radius 1 is 1.08 bits per heavy atom. The van der Waals surface area contributed by atoms with Crippen LogP contribution in [0.3, 0.4) is 0 Å². The lowest BCUT2D eigenvalue weighted by atomic mass is 10.0. The SMILES string of the molecule is Fc1cc2c(c(-c3c(Cl)cc(OC(F)(F)F)cc3Cl)c1)OCCN2. The highest BCUT2D eigenvalue weighted by molar-refractivity contribution is 6.39. The number of anilines is 1. The molecule has 0 saturated carbocycles. The second-order valence-corrected chi connectivity index (χ2v) is 5.73. The zero-order valence-corrected chi connectivity index (χ0v) is 13.3. The molecule has 0 saturated heterocycles. The van der Waals surface area contributed by atoms with E-state index in [1.165, 1.54) is 6.07 Å². The summed E-state index contributed by atoms with van der Waals surface area (Å²) in [6.07, 6.45) is -4.88. The lowest BCUT2D eigenvalue weighted by Gasteiger charge is -2.23. The molecule has 1 aliphatic rings. The first kappa shape index (κ1) is 17.0. The van der Waals surface area contributed by atoms with Crippen molar-refractivity contribution in [3.63, 3.8) is 0 Å². The normalized spacial score (nSPS) is 13.8. The van der Waals surface area contributed by atoms with E-state index in [1.807, 2.05) is 0 Å². The molecule has 3 nitrogen and oxygen atoms in total. The zero-order valence-electron chi connectivity index (χ0n) is 11.8. The minimum atomic E-state index is -4.88. The van der Waals surface area contributed by atoms with Crippen molar-refractivity contribution < 1.29 is 27.0 Å². The van der Waals surface area contributed by atoms with Gasteiger partial charge >= 0.3 is 6.36 Å². The van der Waals surface area contributed by atoms with Crippen LogP contribution in [0.1, 0.15) is 0 Å². The maximum atomic E-state index is 13.9. The van der Waals surface area contributed by atoms with Crippen LogP contribution < -0.4 is 14.8 Å². The van der Waals surface area contributed by atoms with E-state index >= 15 is 0 Å². The fraction of sp³-hybridized carbons (Fsp3) is 0.200. The number of rotatable bonds is 2. The third-order valence-corrected chi connectivity index (χ3v) is 3.83. The molecule has 0 atom stereocenters. The minimum absolute atomic E-state index is 0.122. The first-order chi connectivity index (χ1) is 11.2. The highest BCUT2D eigenvalue weighted by Crippen LogP contribution is 2.46. The van der Waals surface area contributed by atoms with Crippen LogP contribution in [-0.4, -0.2) is 19.5 Å². The molecule has 2 aromatic carbocycles. The molecule has 24 heavy (non-hydrogen) atoms. The van der Waals surface area contributed by atoms with E-state index in [2.05, 4.69) is 10.1 Å². The predicted octanol–water partition coefficient (Wildman–Crippen LogP) is 5.50. The fourth-order valence-electron chi connectivity index (χ4n) is 2.40. The largest absolute Gasteiger partial charge is 0.573 e. The van der Waals surface area contributed by atoms with Crippen molar-refractivity contribution in [2.24, 2.45) is 0 Å². The number of nitrogens with one attached hydrogen (secondary N) is 1. The molecule has 0 spiro atoms. The van der Waals surface area contributed by atoms with E-state index < -0.39 is 17.9 Å². The summed E-state index contributed by atoms with van der Waals surface area (Å²) in [7, 11) is 0. The van der Waals surface area contributed by atoms with Gasteiger partial charge in [-0.25, -0.2) is 4.39 Å². The Kier molecular flexibility index (Phi) is 4.40. The number of hydrogen-bond acceptors (Lipinski definition) is 3. The Labute approximate surface area is 144 Å². The Balaban J connectivity index is 2.12. The topological polar surface area (TPSA) is 30.5 Å². The first-order valence-electron chi connectivity index (χ1n) is 6.70. The van der Waals surface area contributed by atoms with E-state index in [-0.39, 0.29) is 21.2 Å². The number of alkyl halides is 3. The van der Waals surface area contributed by atoms with Crippen molar-refractivity contribution >= 4 is 28.9 Å². The van der Waals surface area contributed by atoms with Gasteiger partial charge in [0.05, 0.1) is 15.7 Å². The molecular formula is C15H9Cl2F4NO2. The van der Waals surface area contributed by atoms with Crippen LogP contribution in [0.25, 0.3) is 11.1 Å². The maximum absolute atomic E-state index is 13.9. The maximum Gasteiger partial charge on any atom is 0.573 e. The smallest absolute Gasteiger partial charge is 0.489 e. The van der Waals surface area contributed by atoms with Gasteiger partial charge in [-0.15, -0.1) is 13.2 Å². The van der Waals surface area contributed by atoms with Crippen LogP contribution in [-0.2, 0) is 0 Å². The summed E-state index contributed by atoms with van der Waals surface area (Å²) in [6.45, 7) is 0.839. The third-order valence-electron chi connectivity index (χ3n) is 3.24. The zero-order chi connectivity index (χ0) is 17.5. The van der Waals surface area contributed by atoms with Crippen LogP contribution in [0, 0.1) is 5.82 Å². The van der Waals surface area contributed by atoms with Gasteiger partial charge in [0.1, 0.15) is 18.2 Å². The number of fused-ring (bicyclic) bond motifs is 1. The van der Waals surface area contributed by atoms with Crippen molar-refractivity contribution in [2.75, 3.05) is 18.5 Å². The second kappa shape index (κ2) is 6.22.